The molecule has 0 aliphatic heterocycles. The Morgan fingerprint density at radius 3 is 2.83 bits per heavy atom. The van der Waals surface area contributed by atoms with E-state index in [2.05, 4.69) is 36.4 Å². The van der Waals surface area contributed by atoms with E-state index >= 15 is 0 Å². The lowest BCUT2D eigenvalue weighted by atomic mass is 10.2. The van der Waals surface area contributed by atoms with Crippen LogP contribution in [0.1, 0.15) is 16.2 Å². The van der Waals surface area contributed by atoms with E-state index in [0.717, 1.165) is 5.56 Å². The maximum Gasteiger partial charge on any atom is 0.254 e. The first kappa shape index (κ1) is 15.3. The Morgan fingerprint density at radius 1 is 1.26 bits per heavy atom. The van der Waals surface area contributed by atoms with Crippen molar-refractivity contribution in [2.24, 2.45) is 0 Å². The van der Waals surface area contributed by atoms with Gasteiger partial charge in [0.25, 0.3) is 5.91 Å². The van der Waals surface area contributed by atoms with Crippen LogP contribution in [0.25, 0.3) is 11.4 Å². The van der Waals surface area contributed by atoms with Gasteiger partial charge >= 0.3 is 0 Å². The number of nitrogens with zero attached hydrogens (tertiary/aromatic N) is 3. The number of nitrogens with one attached hydrogen (secondary N) is 1. The minimum atomic E-state index is -0.603. The summed E-state index contributed by atoms with van der Waals surface area (Å²) in [4.78, 5) is 20.1. The third-order valence-electron chi connectivity index (χ3n) is 2.98. The molecule has 0 unspecified atom stereocenters. The highest BCUT2D eigenvalue weighted by Gasteiger charge is 2.14. The summed E-state index contributed by atoms with van der Waals surface area (Å²) in [6, 6.07) is 7.62. The van der Waals surface area contributed by atoms with E-state index in [0.29, 0.717) is 10.3 Å². The first-order chi connectivity index (χ1) is 11.1. The summed E-state index contributed by atoms with van der Waals surface area (Å²) in [7, 11) is 0. The molecule has 1 amide bonds. The number of benzene rings is 1. The third kappa shape index (κ3) is 3.59. The van der Waals surface area contributed by atoms with E-state index < -0.39 is 11.7 Å². The van der Waals surface area contributed by atoms with Crippen LogP contribution >= 0.6 is 15.9 Å². The van der Waals surface area contributed by atoms with Crippen LogP contribution in [0.5, 0.6) is 0 Å². The van der Waals surface area contributed by atoms with E-state index in [1.165, 1.54) is 18.2 Å². The second kappa shape index (κ2) is 6.66. The highest BCUT2D eigenvalue weighted by molar-refractivity contribution is 9.10. The number of amides is 1. The molecule has 3 rings (SSSR count). The fraction of sp³-hybridized carbons (Fsp3) is 0.0667. The fourth-order valence-corrected chi connectivity index (χ4v) is 2.23. The van der Waals surface area contributed by atoms with Crippen LogP contribution in [-0.2, 0) is 6.54 Å². The van der Waals surface area contributed by atoms with E-state index in [1.54, 1.807) is 24.5 Å². The summed E-state index contributed by atoms with van der Waals surface area (Å²) in [5.74, 6) is -0.549. The molecule has 0 aliphatic rings. The molecule has 0 radical (unpaired) electrons. The van der Waals surface area contributed by atoms with Gasteiger partial charge in [0.05, 0.1) is 12.1 Å². The zero-order valence-electron chi connectivity index (χ0n) is 11.7. The lowest BCUT2D eigenvalue weighted by Crippen LogP contribution is -2.24. The first-order valence-electron chi connectivity index (χ1n) is 6.60. The van der Waals surface area contributed by atoms with Crippen molar-refractivity contribution in [1.29, 1.82) is 0 Å². The van der Waals surface area contributed by atoms with Crippen molar-refractivity contribution in [2.75, 3.05) is 0 Å². The second-order valence-corrected chi connectivity index (χ2v) is 5.47. The molecule has 0 saturated carbocycles. The molecule has 1 N–H and O–H groups in total. The number of hydrogen-bond acceptors (Lipinski definition) is 5. The summed E-state index contributed by atoms with van der Waals surface area (Å²) >= 11 is 3.20. The van der Waals surface area contributed by atoms with Crippen LogP contribution in [0.2, 0.25) is 0 Å². The average Bonchev–Trinajstić information content (AvgIpc) is 3.05. The lowest BCUT2D eigenvalue weighted by Gasteiger charge is -2.04. The zero-order valence-corrected chi connectivity index (χ0v) is 13.2. The Hall–Kier alpha value is -2.61. The van der Waals surface area contributed by atoms with Gasteiger partial charge in [-0.15, -0.1) is 0 Å². The van der Waals surface area contributed by atoms with Crippen molar-refractivity contribution in [1.82, 2.24) is 20.4 Å². The smallest absolute Gasteiger partial charge is 0.254 e. The maximum atomic E-state index is 13.6. The van der Waals surface area contributed by atoms with Crippen LogP contribution in [0, 0.1) is 5.82 Å². The predicted octanol–water partition coefficient (Wildman–Crippen LogP) is 2.96. The Bertz CT molecular complexity index is 839. The Morgan fingerprint density at radius 2 is 2.04 bits per heavy atom. The SMILES string of the molecule is O=C(NCc1nc(-c2ccncc2)no1)c1cc(Br)ccc1F. The van der Waals surface area contributed by atoms with Crippen molar-refractivity contribution in [3.05, 3.63) is 64.5 Å². The molecule has 0 spiro atoms. The standard InChI is InChI=1S/C15H10BrFN4O2/c16-10-1-2-12(17)11(7-10)15(22)19-8-13-20-14(21-23-13)9-3-5-18-6-4-9/h1-7H,8H2,(H,19,22). The molecule has 6 nitrogen and oxygen atoms in total. The first-order valence-corrected chi connectivity index (χ1v) is 7.39. The van der Waals surface area contributed by atoms with Gasteiger partial charge < -0.3 is 9.84 Å². The molecule has 0 aliphatic carbocycles. The van der Waals surface area contributed by atoms with Crippen molar-refractivity contribution >= 4 is 21.8 Å². The molecule has 2 aromatic heterocycles. The van der Waals surface area contributed by atoms with Gasteiger partial charge in [0.15, 0.2) is 0 Å². The normalized spacial score (nSPS) is 10.5. The van der Waals surface area contributed by atoms with Crippen molar-refractivity contribution in [3.63, 3.8) is 0 Å². The van der Waals surface area contributed by atoms with Gasteiger partial charge in [0.2, 0.25) is 11.7 Å². The van der Waals surface area contributed by atoms with Crippen LogP contribution in [0.15, 0.2) is 51.7 Å². The van der Waals surface area contributed by atoms with Gasteiger partial charge in [-0.25, -0.2) is 4.39 Å². The summed E-state index contributed by atoms with van der Waals surface area (Å²) in [5, 5.41) is 6.36. The molecule has 116 valence electrons. The summed E-state index contributed by atoms with van der Waals surface area (Å²) < 4.78 is 19.3. The summed E-state index contributed by atoms with van der Waals surface area (Å²) in [6.07, 6.45) is 3.23. The van der Waals surface area contributed by atoms with Crippen LogP contribution in [-0.4, -0.2) is 21.0 Å². The van der Waals surface area contributed by atoms with Gasteiger partial charge in [0.1, 0.15) is 5.82 Å². The number of hydrogen-bond donors (Lipinski definition) is 1. The molecule has 2 heterocycles. The second-order valence-electron chi connectivity index (χ2n) is 4.55. The predicted molar refractivity (Wildman–Crippen MR) is 82.8 cm³/mol. The van der Waals surface area contributed by atoms with E-state index in [9.17, 15) is 9.18 Å². The molecule has 3 aromatic rings. The topological polar surface area (TPSA) is 80.9 Å². The molecular formula is C15H10BrFN4O2. The van der Waals surface area contributed by atoms with Crippen LogP contribution in [0.3, 0.4) is 0 Å². The quantitative estimate of drug-likeness (QED) is 0.756. The molecule has 0 atom stereocenters. The number of halogens is 2. The number of aromatic nitrogens is 3. The molecule has 23 heavy (non-hydrogen) atoms. The highest BCUT2D eigenvalue weighted by Crippen LogP contribution is 2.16. The van der Waals surface area contributed by atoms with Crippen molar-refractivity contribution < 1.29 is 13.7 Å². The minimum Gasteiger partial charge on any atom is -0.343 e. The summed E-state index contributed by atoms with van der Waals surface area (Å²) in [5.41, 5.74) is 0.688. The van der Waals surface area contributed by atoms with E-state index in [1.807, 2.05) is 0 Å². The number of carbonyl (C=O) groups is 1. The molecular weight excluding hydrogens is 367 g/mol. The van der Waals surface area contributed by atoms with Crippen LogP contribution < -0.4 is 5.32 Å². The van der Waals surface area contributed by atoms with Gasteiger partial charge in [-0.1, -0.05) is 21.1 Å². The average molecular weight is 377 g/mol. The van der Waals surface area contributed by atoms with Gasteiger partial charge in [-0.3, -0.25) is 9.78 Å². The summed E-state index contributed by atoms with van der Waals surface area (Å²) in [6.45, 7) is 0.00285. The molecule has 8 heteroatoms. The largest absolute Gasteiger partial charge is 0.343 e. The van der Waals surface area contributed by atoms with E-state index in [-0.39, 0.29) is 18.0 Å². The Balaban J connectivity index is 1.68. The number of pyridine rings is 1. The Kier molecular flexibility index (Phi) is 4.42. The zero-order chi connectivity index (χ0) is 16.2. The van der Waals surface area contributed by atoms with Crippen molar-refractivity contribution in [3.8, 4) is 11.4 Å². The fourth-order valence-electron chi connectivity index (χ4n) is 1.87. The van der Waals surface area contributed by atoms with Gasteiger partial charge in [-0.05, 0) is 30.3 Å². The lowest BCUT2D eigenvalue weighted by molar-refractivity contribution is 0.0942. The monoisotopic (exact) mass is 376 g/mol. The molecule has 1 aromatic carbocycles. The number of rotatable bonds is 4. The Labute approximate surface area is 138 Å². The molecule has 0 bridgehead atoms. The number of carbonyl (C=O) groups excluding carboxylic acids is 1. The van der Waals surface area contributed by atoms with Gasteiger partial charge in [-0.2, -0.15) is 4.98 Å². The van der Waals surface area contributed by atoms with Crippen LogP contribution in [0.4, 0.5) is 4.39 Å². The van der Waals surface area contributed by atoms with E-state index in [4.69, 9.17) is 4.52 Å². The van der Waals surface area contributed by atoms with Gasteiger partial charge in [0, 0.05) is 22.4 Å². The third-order valence-corrected chi connectivity index (χ3v) is 3.47. The molecule has 0 saturated heterocycles. The molecule has 0 fully saturated rings. The minimum absolute atomic E-state index is 0.00285. The maximum absolute atomic E-state index is 13.6. The highest BCUT2D eigenvalue weighted by atomic mass is 79.9. The van der Waals surface area contributed by atoms with Crippen molar-refractivity contribution in [2.45, 2.75) is 6.54 Å².